The van der Waals surface area contributed by atoms with Crippen molar-refractivity contribution in [2.75, 3.05) is 13.3 Å². The quantitative estimate of drug-likeness (QED) is 0.670. The summed E-state index contributed by atoms with van der Waals surface area (Å²) in [5, 5.41) is 6.99. The summed E-state index contributed by atoms with van der Waals surface area (Å²) in [4.78, 5) is 11.9. The van der Waals surface area contributed by atoms with E-state index in [-0.39, 0.29) is 12.8 Å². The standard InChI is InChI=1S/C20H21N3O3/c24-20(22-13-15-6-7-18-19(12-15)26-14-25-18)21-9-3-10-23-11-8-16-4-1-2-5-17(16)23/h1-2,4-8,11-12H,3,9-10,13-14H2,(H2,21,22,24). The van der Waals surface area contributed by atoms with E-state index < -0.39 is 0 Å². The molecule has 0 unspecified atom stereocenters. The largest absolute Gasteiger partial charge is 0.454 e. The smallest absolute Gasteiger partial charge is 0.315 e. The first-order valence-electron chi connectivity index (χ1n) is 8.74. The van der Waals surface area contributed by atoms with Crippen LogP contribution in [0.3, 0.4) is 0 Å². The molecule has 134 valence electrons. The number of hydrogen-bond acceptors (Lipinski definition) is 3. The van der Waals surface area contributed by atoms with Crippen LogP contribution in [-0.2, 0) is 13.1 Å². The SMILES string of the molecule is O=C(NCCCn1ccc2ccccc21)NCc1ccc2c(c1)OCO2. The van der Waals surface area contributed by atoms with E-state index in [1.807, 2.05) is 30.3 Å². The average molecular weight is 351 g/mol. The van der Waals surface area contributed by atoms with E-state index in [1.54, 1.807) is 0 Å². The molecule has 4 rings (SSSR count). The van der Waals surface area contributed by atoms with Gasteiger partial charge in [-0.05, 0) is 41.6 Å². The van der Waals surface area contributed by atoms with Crippen LogP contribution in [0.2, 0.25) is 0 Å². The number of nitrogens with zero attached hydrogens (tertiary/aromatic N) is 1. The molecule has 0 radical (unpaired) electrons. The van der Waals surface area contributed by atoms with Crippen molar-refractivity contribution in [3.05, 3.63) is 60.3 Å². The van der Waals surface area contributed by atoms with Gasteiger partial charge in [0.05, 0.1) is 0 Å². The van der Waals surface area contributed by atoms with E-state index in [9.17, 15) is 4.79 Å². The fourth-order valence-electron chi connectivity index (χ4n) is 3.08. The number of hydrogen-bond donors (Lipinski definition) is 2. The van der Waals surface area contributed by atoms with Crippen LogP contribution in [-0.4, -0.2) is 23.9 Å². The summed E-state index contributed by atoms with van der Waals surface area (Å²) < 4.78 is 12.8. The van der Waals surface area contributed by atoms with E-state index in [2.05, 4.69) is 39.6 Å². The molecule has 0 saturated heterocycles. The Labute approximate surface area is 151 Å². The molecule has 26 heavy (non-hydrogen) atoms. The maximum atomic E-state index is 11.9. The van der Waals surface area contributed by atoms with Crippen molar-refractivity contribution < 1.29 is 14.3 Å². The van der Waals surface area contributed by atoms with Crippen molar-refractivity contribution in [2.24, 2.45) is 0 Å². The molecule has 2 amide bonds. The molecule has 1 aliphatic heterocycles. The number of amides is 2. The summed E-state index contributed by atoms with van der Waals surface area (Å²) in [6.45, 7) is 2.20. The highest BCUT2D eigenvalue weighted by atomic mass is 16.7. The molecule has 1 aromatic heterocycles. The molecule has 0 bridgehead atoms. The zero-order chi connectivity index (χ0) is 17.8. The Bertz CT molecular complexity index is 920. The molecule has 0 aliphatic carbocycles. The maximum Gasteiger partial charge on any atom is 0.315 e. The van der Waals surface area contributed by atoms with Gasteiger partial charge in [-0.3, -0.25) is 0 Å². The Morgan fingerprint density at radius 1 is 1.04 bits per heavy atom. The predicted molar refractivity (Wildman–Crippen MR) is 99.4 cm³/mol. The van der Waals surface area contributed by atoms with Gasteiger partial charge < -0.3 is 24.7 Å². The molecule has 2 aromatic carbocycles. The third-order valence-corrected chi connectivity index (χ3v) is 4.43. The number of benzene rings is 2. The van der Waals surface area contributed by atoms with Crippen molar-refractivity contribution in [3.8, 4) is 11.5 Å². The molecule has 3 aromatic rings. The number of carbonyl (C=O) groups is 1. The first-order chi connectivity index (χ1) is 12.8. The van der Waals surface area contributed by atoms with Gasteiger partial charge in [-0.25, -0.2) is 4.79 Å². The lowest BCUT2D eigenvalue weighted by molar-refractivity contribution is 0.174. The lowest BCUT2D eigenvalue weighted by Crippen LogP contribution is -2.35. The third-order valence-electron chi connectivity index (χ3n) is 4.43. The highest BCUT2D eigenvalue weighted by Gasteiger charge is 2.13. The van der Waals surface area contributed by atoms with Gasteiger partial charge in [-0.15, -0.1) is 0 Å². The van der Waals surface area contributed by atoms with E-state index in [0.29, 0.717) is 13.1 Å². The molecule has 0 saturated carbocycles. The summed E-state index contributed by atoms with van der Waals surface area (Å²) in [6, 6.07) is 15.9. The summed E-state index contributed by atoms with van der Waals surface area (Å²) in [6.07, 6.45) is 2.96. The van der Waals surface area contributed by atoms with Gasteiger partial charge in [0, 0.05) is 31.3 Å². The van der Waals surface area contributed by atoms with Crippen LogP contribution < -0.4 is 20.1 Å². The highest BCUT2D eigenvalue weighted by molar-refractivity contribution is 5.79. The molecular formula is C20H21N3O3. The van der Waals surface area contributed by atoms with Gasteiger partial charge in [-0.2, -0.15) is 0 Å². The molecule has 0 spiro atoms. The Hall–Kier alpha value is -3.15. The number of rotatable bonds is 6. The second-order valence-corrected chi connectivity index (χ2v) is 6.22. The zero-order valence-corrected chi connectivity index (χ0v) is 14.4. The summed E-state index contributed by atoms with van der Waals surface area (Å²) in [5.41, 5.74) is 2.20. The Balaban J connectivity index is 1.20. The van der Waals surface area contributed by atoms with Gasteiger partial charge in [0.25, 0.3) is 0 Å². The van der Waals surface area contributed by atoms with Gasteiger partial charge >= 0.3 is 6.03 Å². The minimum absolute atomic E-state index is 0.167. The molecular weight excluding hydrogens is 330 g/mol. The zero-order valence-electron chi connectivity index (χ0n) is 14.4. The molecule has 0 atom stereocenters. The van der Waals surface area contributed by atoms with Gasteiger partial charge in [0.1, 0.15) is 0 Å². The van der Waals surface area contributed by atoms with Gasteiger partial charge in [0.2, 0.25) is 6.79 Å². The second kappa shape index (κ2) is 7.39. The number of ether oxygens (including phenoxy) is 2. The lowest BCUT2D eigenvalue weighted by Gasteiger charge is -2.09. The number of fused-ring (bicyclic) bond motifs is 2. The first-order valence-corrected chi connectivity index (χ1v) is 8.74. The van der Waals surface area contributed by atoms with Crippen molar-refractivity contribution in [1.82, 2.24) is 15.2 Å². The average Bonchev–Trinajstić information content (AvgIpc) is 3.30. The fraction of sp³-hybridized carbons (Fsp3) is 0.250. The number of urea groups is 1. The molecule has 6 heteroatoms. The number of para-hydroxylation sites is 1. The van der Waals surface area contributed by atoms with Crippen LogP contribution in [0.4, 0.5) is 4.79 Å². The van der Waals surface area contributed by atoms with Gasteiger partial charge in [0.15, 0.2) is 11.5 Å². The predicted octanol–water partition coefficient (Wildman–Crippen LogP) is 3.26. The van der Waals surface area contributed by atoms with Crippen LogP contribution in [0.15, 0.2) is 54.7 Å². The lowest BCUT2D eigenvalue weighted by atomic mass is 10.2. The van der Waals surface area contributed by atoms with Crippen LogP contribution >= 0.6 is 0 Å². The summed E-state index contributed by atoms with van der Waals surface area (Å²) in [7, 11) is 0. The van der Waals surface area contributed by atoms with Crippen molar-refractivity contribution >= 4 is 16.9 Å². The normalized spacial score (nSPS) is 12.3. The summed E-state index contributed by atoms with van der Waals surface area (Å²) in [5.74, 6) is 1.47. The first kappa shape index (κ1) is 16.3. The maximum absolute atomic E-state index is 11.9. The van der Waals surface area contributed by atoms with Crippen molar-refractivity contribution in [1.29, 1.82) is 0 Å². The van der Waals surface area contributed by atoms with Crippen molar-refractivity contribution in [3.63, 3.8) is 0 Å². The number of nitrogens with one attached hydrogen (secondary N) is 2. The number of carbonyl (C=O) groups excluding carboxylic acids is 1. The minimum atomic E-state index is -0.167. The number of aromatic nitrogens is 1. The molecule has 0 fully saturated rings. The third kappa shape index (κ3) is 3.59. The van der Waals surface area contributed by atoms with Crippen LogP contribution in [0.25, 0.3) is 10.9 Å². The monoisotopic (exact) mass is 351 g/mol. The van der Waals surface area contributed by atoms with E-state index in [4.69, 9.17) is 9.47 Å². The van der Waals surface area contributed by atoms with E-state index in [1.165, 1.54) is 10.9 Å². The van der Waals surface area contributed by atoms with Crippen LogP contribution in [0.1, 0.15) is 12.0 Å². The van der Waals surface area contributed by atoms with Gasteiger partial charge in [-0.1, -0.05) is 24.3 Å². The molecule has 6 nitrogen and oxygen atoms in total. The van der Waals surface area contributed by atoms with Crippen LogP contribution in [0, 0.1) is 0 Å². The van der Waals surface area contributed by atoms with E-state index >= 15 is 0 Å². The molecule has 2 heterocycles. The Kier molecular flexibility index (Phi) is 4.64. The fourth-order valence-corrected chi connectivity index (χ4v) is 3.08. The van der Waals surface area contributed by atoms with Crippen molar-refractivity contribution in [2.45, 2.75) is 19.5 Å². The Morgan fingerprint density at radius 3 is 2.88 bits per heavy atom. The molecule has 1 aliphatic rings. The summed E-state index contributed by atoms with van der Waals surface area (Å²) >= 11 is 0. The Morgan fingerprint density at radius 2 is 1.92 bits per heavy atom. The number of aryl methyl sites for hydroxylation is 1. The highest BCUT2D eigenvalue weighted by Crippen LogP contribution is 2.32. The molecule has 2 N–H and O–H groups in total. The van der Waals surface area contributed by atoms with Crippen LogP contribution in [0.5, 0.6) is 11.5 Å². The minimum Gasteiger partial charge on any atom is -0.454 e. The second-order valence-electron chi connectivity index (χ2n) is 6.22. The van der Waals surface area contributed by atoms with E-state index in [0.717, 1.165) is 30.0 Å². The topological polar surface area (TPSA) is 64.5 Å².